The number of aliphatic hydroxyl groups is 1. The predicted octanol–water partition coefficient (Wildman–Crippen LogP) is 1.18. The van der Waals surface area contributed by atoms with Crippen LogP contribution in [0.5, 0.6) is 0 Å². The van der Waals surface area contributed by atoms with Gasteiger partial charge in [-0.15, -0.1) is 0 Å². The third-order valence-corrected chi connectivity index (χ3v) is 7.69. The topological polar surface area (TPSA) is 60.9 Å². The summed E-state index contributed by atoms with van der Waals surface area (Å²) >= 11 is 0. The smallest absolute Gasteiger partial charge is 0.217 e. The highest BCUT2D eigenvalue weighted by Gasteiger charge is 2.44. The molecule has 0 amide bonds. The van der Waals surface area contributed by atoms with Crippen molar-refractivity contribution in [3.8, 4) is 0 Å². The molecular formula is C15H28N2O3S. The molecule has 0 spiro atoms. The molecule has 0 aromatic carbocycles. The molecular weight excluding hydrogens is 288 g/mol. The van der Waals surface area contributed by atoms with Crippen molar-refractivity contribution >= 4 is 10.0 Å². The zero-order chi connectivity index (χ0) is 14.9. The van der Waals surface area contributed by atoms with E-state index in [0.29, 0.717) is 26.1 Å². The van der Waals surface area contributed by atoms with Gasteiger partial charge in [-0.3, -0.25) is 0 Å². The van der Waals surface area contributed by atoms with Gasteiger partial charge in [-0.1, -0.05) is 19.3 Å². The Morgan fingerprint density at radius 2 is 1.67 bits per heavy atom. The average Bonchev–Trinajstić information content (AvgIpc) is 3.10. The molecule has 0 unspecified atom stereocenters. The second-order valence-electron chi connectivity index (χ2n) is 7.10. The van der Waals surface area contributed by atoms with Crippen LogP contribution in [0.1, 0.15) is 51.4 Å². The Morgan fingerprint density at radius 3 is 2.33 bits per heavy atom. The first-order chi connectivity index (χ1) is 10.00. The normalized spacial score (nSPS) is 33.8. The summed E-state index contributed by atoms with van der Waals surface area (Å²) in [7, 11) is -3.21. The zero-order valence-electron chi connectivity index (χ0n) is 12.8. The molecule has 3 aliphatic rings. The molecule has 3 fully saturated rings. The van der Waals surface area contributed by atoms with E-state index in [4.69, 9.17) is 0 Å². The number of sulfonamides is 1. The number of nitrogens with zero attached hydrogens (tertiary/aromatic N) is 2. The summed E-state index contributed by atoms with van der Waals surface area (Å²) in [4.78, 5) is 2.27. The minimum Gasteiger partial charge on any atom is -0.387 e. The highest BCUT2D eigenvalue weighted by Crippen LogP contribution is 2.31. The molecule has 0 aromatic heterocycles. The summed E-state index contributed by atoms with van der Waals surface area (Å²) in [5.41, 5.74) is -0.841. The second-order valence-corrected chi connectivity index (χ2v) is 9.31. The monoisotopic (exact) mass is 316 g/mol. The predicted molar refractivity (Wildman–Crippen MR) is 82.6 cm³/mol. The largest absolute Gasteiger partial charge is 0.387 e. The van der Waals surface area contributed by atoms with Crippen LogP contribution in [0.15, 0.2) is 0 Å². The number of rotatable bonds is 4. The first-order valence-corrected chi connectivity index (χ1v) is 9.94. The van der Waals surface area contributed by atoms with Crippen LogP contribution in [0.3, 0.4) is 0 Å². The molecule has 1 atom stereocenters. The first kappa shape index (κ1) is 15.7. The fourth-order valence-electron chi connectivity index (χ4n) is 4.10. The van der Waals surface area contributed by atoms with Gasteiger partial charge in [0, 0.05) is 19.6 Å². The summed E-state index contributed by atoms with van der Waals surface area (Å²) < 4.78 is 27.0. The van der Waals surface area contributed by atoms with E-state index in [1.165, 1.54) is 12.8 Å². The maximum atomic E-state index is 12.7. The number of likely N-dealkylation sites (tertiary alicyclic amines) is 1. The number of β-amino-alcohol motifs (C(OH)–C–C–N with tert-alkyl or cyclic N) is 1. The van der Waals surface area contributed by atoms with E-state index in [2.05, 4.69) is 4.90 Å². The van der Waals surface area contributed by atoms with Gasteiger partial charge in [0.15, 0.2) is 0 Å². The quantitative estimate of drug-likeness (QED) is 0.846. The molecule has 0 aromatic rings. The van der Waals surface area contributed by atoms with E-state index in [0.717, 1.165) is 45.2 Å². The number of hydrogen-bond acceptors (Lipinski definition) is 4. The van der Waals surface area contributed by atoms with Crippen LogP contribution in [-0.2, 0) is 10.0 Å². The van der Waals surface area contributed by atoms with Crippen molar-refractivity contribution in [2.75, 3.05) is 32.7 Å². The average molecular weight is 316 g/mol. The standard InChI is InChI=1S/C15H28N2O3S/c18-15(12-16-9-4-5-10-16)8-11-17(13-15)21(19,20)14-6-2-1-3-7-14/h14,18H,1-13H2/t15-/m0/s1. The van der Waals surface area contributed by atoms with Crippen molar-refractivity contribution in [1.29, 1.82) is 0 Å². The van der Waals surface area contributed by atoms with E-state index < -0.39 is 15.6 Å². The lowest BCUT2D eigenvalue weighted by molar-refractivity contribution is 0.0232. The van der Waals surface area contributed by atoms with Crippen LogP contribution in [0.4, 0.5) is 0 Å². The highest BCUT2D eigenvalue weighted by atomic mass is 32.2. The molecule has 1 aliphatic carbocycles. The third kappa shape index (κ3) is 3.44. The molecule has 0 bridgehead atoms. The van der Waals surface area contributed by atoms with Crippen molar-refractivity contribution in [3.05, 3.63) is 0 Å². The maximum absolute atomic E-state index is 12.7. The van der Waals surface area contributed by atoms with Crippen LogP contribution in [0, 0.1) is 0 Å². The molecule has 122 valence electrons. The molecule has 2 saturated heterocycles. The molecule has 3 rings (SSSR count). The molecule has 1 saturated carbocycles. The first-order valence-electron chi connectivity index (χ1n) is 8.43. The van der Waals surface area contributed by atoms with Crippen LogP contribution < -0.4 is 0 Å². The summed E-state index contributed by atoms with van der Waals surface area (Å²) in [5.74, 6) is 0. The minimum atomic E-state index is -3.21. The van der Waals surface area contributed by atoms with E-state index >= 15 is 0 Å². The van der Waals surface area contributed by atoms with Crippen LogP contribution in [-0.4, -0.2) is 66.3 Å². The maximum Gasteiger partial charge on any atom is 0.217 e. The van der Waals surface area contributed by atoms with Crippen molar-refractivity contribution in [2.24, 2.45) is 0 Å². The second kappa shape index (κ2) is 6.14. The van der Waals surface area contributed by atoms with Gasteiger partial charge in [0.25, 0.3) is 0 Å². The molecule has 2 heterocycles. The number of hydrogen-bond donors (Lipinski definition) is 1. The molecule has 5 nitrogen and oxygen atoms in total. The Balaban J connectivity index is 1.62. The molecule has 0 radical (unpaired) electrons. The Morgan fingerprint density at radius 1 is 1.00 bits per heavy atom. The SMILES string of the molecule is O=S(=O)(C1CCCCC1)N1CC[C@](O)(CN2CCCC2)C1. The fraction of sp³-hybridized carbons (Fsp3) is 1.00. The van der Waals surface area contributed by atoms with Gasteiger partial charge >= 0.3 is 0 Å². The highest BCUT2D eigenvalue weighted by molar-refractivity contribution is 7.89. The van der Waals surface area contributed by atoms with Crippen molar-refractivity contribution < 1.29 is 13.5 Å². The molecule has 2 aliphatic heterocycles. The van der Waals surface area contributed by atoms with Gasteiger partial charge in [-0.2, -0.15) is 4.31 Å². The third-order valence-electron chi connectivity index (χ3n) is 5.35. The van der Waals surface area contributed by atoms with Gasteiger partial charge in [-0.25, -0.2) is 8.42 Å². The van der Waals surface area contributed by atoms with Gasteiger partial charge in [-0.05, 0) is 45.2 Å². The van der Waals surface area contributed by atoms with E-state index in [-0.39, 0.29) is 5.25 Å². The summed E-state index contributed by atoms with van der Waals surface area (Å²) in [6.45, 7) is 3.49. The van der Waals surface area contributed by atoms with Crippen LogP contribution >= 0.6 is 0 Å². The summed E-state index contributed by atoms with van der Waals surface area (Å²) in [6, 6.07) is 0. The van der Waals surface area contributed by atoms with Crippen molar-refractivity contribution in [1.82, 2.24) is 9.21 Å². The van der Waals surface area contributed by atoms with Crippen LogP contribution in [0.2, 0.25) is 0 Å². The van der Waals surface area contributed by atoms with Gasteiger partial charge in [0.1, 0.15) is 0 Å². The summed E-state index contributed by atoms with van der Waals surface area (Å²) in [5, 5.41) is 10.5. The Hall–Kier alpha value is -0.170. The molecule has 21 heavy (non-hydrogen) atoms. The van der Waals surface area contributed by atoms with E-state index in [9.17, 15) is 13.5 Å². The zero-order valence-corrected chi connectivity index (χ0v) is 13.7. The Kier molecular flexibility index (Phi) is 4.60. The van der Waals surface area contributed by atoms with E-state index in [1.807, 2.05) is 0 Å². The van der Waals surface area contributed by atoms with Crippen molar-refractivity contribution in [3.63, 3.8) is 0 Å². The Labute approximate surface area is 128 Å². The minimum absolute atomic E-state index is 0.208. The lowest BCUT2D eigenvalue weighted by Gasteiger charge is -2.30. The van der Waals surface area contributed by atoms with Crippen LogP contribution in [0.25, 0.3) is 0 Å². The fourth-order valence-corrected chi connectivity index (χ4v) is 6.21. The lowest BCUT2D eigenvalue weighted by Crippen LogP contribution is -2.46. The van der Waals surface area contributed by atoms with E-state index in [1.54, 1.807) is 4.31 Å². The lowest BCUT2D eigenvalue weighted by atomic mass is 10.0. The van der Waals surface area contributed by atoms with Gasteiger partial charge in [0.2, 0.25) is 10.0 Å². The molecule has 6 heteroatoms. The summed E-state index contributed by atoms with van der Waals surface area (Å²) in [6.07, 6.45) is 7.76. The van der Waals surface area contributed by atoms with Crippen molar-refractivity contribution in [2.45, 2.75) is 62.2 Å². The Bertz CT molecular complexity index is 456. The molecule has 1 N–H and O–H groups in total. The van der Waals surface area contributed by atoms with Gasteiger partial charge in [0.05, 0.1) is 10.9 Å². The van der Waals surface area contributed by atoms with Gasteiger partial charge < -0.3 is 10.0 Å².